The molecule has 0 spiro atoms. The fraction of sp³-hybridized carbons (Fsp3) is 0.278. The maximum atomic E-state index is 13.6. The summed E-state index contributed by atoms with van der Waals surface area (Å²) in [6, 6.07) is 6.79. The van der Waals surface area contributed by atoms with E-state index >= 15 is 0 Å². The fourth-order valence-electron chi connectivity index (χ4n) is 2.30. The van der Waals surface area contributed by atoms with Crippen LogP contribution in [0, 0.1) is 23.3 Å². The zero-order chi connectivity index (χ0) is 18.4. The number of benzene rings is 2. The van der Waals surface area contributed by atoms with Crippen LogP contribution in [-0.4, -0.2) is 19.6 Å². The Labute approximate surface area is 166 Å². The third-order valence-corrected chi connectivity index (χ3v) is 3.72. The summed E-state index contributed by atoms with van der Waals surface area (Å²) in [7, 11) is 1.56. The SMILES string of the molecule is CN=C(NCCc1ccc(F)cc1F)NC(C)c1ccc(F)c(F)c1.I. The molecule has 0 saturated carbocycles. The molecule has 2 aromatic carbocycles. The predicted molar refractivity (Wildman–Crippen MR) is 105 cm³/mol. The summed E-state index contributed by atoms with van der Waals surface area (Å²) >= 11 is 0. The minimum atomic E-state index is -0.916. The molecule has 0 amide bonds. The molecular weight excluding hydrogens is 461 g/mol. The Bertz CT molecular complexity index is 768. The van der Waals surface area contributed by atoms with E-state index < -0.39 is 23.3 Å². The normalized spacial score (nSPS) is 12.3. The van der Waals surface area contributed by atoms with Crippen molar-refractivity contribution >= 4 is 29.9 Å². The van der Waals surface area contributed by atoms with Gasteiger partial charge in [-0.25, -0.2) is 17.6 Å². The Hall–Kier alpha value is -1.84. The van der Waals surface area contributed by atoms with E-state index in [-0.39, 0.29) is 30.0 Å². The van der Waals surface area contributed by atoms with Crippen LogP contribution in [0.15, 0.2) is 41.4 Å². The first-order chi connectivity index (χ1) is 11.9. The molecule has 2 N–H and O–H groups in total. The van der Waals surface area contributed by atoms with Gasteiger partial charge in [-0.3, -0.25) is 4.99 Å². The quantitative estimate of drug-likeness (QED) is 0.289. The van der Waals surface area contributed by atoms with Gasteiger partial charge in [-0.05, 0) is 42.7 Å². The van der Waals surface area contributed by atoms with Gasteiger partial charge in [0.25, 0.3) is 0 Å². The number of rotatable bonds is 5. The Balaban J connectivity index is 0.00000338. The van der Waals surface area contributed by atoms with Crippen LogP contribution in [0.2, 0.25) is 0 Å². The van der Waals surface area contributed by atoms with E-state index in [1.807, 2.05) is 0 Å². The van der Waals surface area contributed by atoms with E-state index in [1.165, 1.54) is 18.2 Å². The van der Waals surface area contributed by atoms with Gasteiger partial charge in [0.2, 0.25) is 0 Å². The van der Waals surface area contributed by atoms with Crippen molar-refractivity contribution in [3.63, 3.8) is 0 Å². The maximum Gasteiger partial charge on any atom is 0.191 e. The second-order valence-electron chi connectivity index (χ2n) is 5.52. The number of nitrogens with zero attached hydrogens (tertiary/aromatic N) is 1. The number of hydrogen-bond donors (Lipinski definition) is 2. The van der Waals surface area contributed by atoms with Crippen molar-refractivity contribution in [3.05, 3.63) is 70.8 Å². The molecule has 1 unspecified atom stereocenters. The summed E-state index contributed by atoms with van der Waals surface area (Å²) in [5.41, 5.74) is 0.949. The second kappa shape index (κ2) is 10.3. The highest BCUT2D eigenvalue weighted by Gasteiger charge is 2.11. The van der Waals surface area contributed by atoms with Crippen LogP contribution in [0.5, 0.6) is 0 Å². The van der Waals surface area contributed by atoms with Crippen LogP contribution in [0.4, 0.5) is 17.6 Å². The third kappa shape index (κ3) is 6.15. The average molecular weight is 481 g/mol. The van der Waals surface area contributed by atoms with Gasteiger partial charge < -0.3 is 10.6 Å². The van der Waals surface area contributed by atoms with Gasteiger partial charge in [0.1, 0.15) is 11.6 Å². The number of aliphatic imine (C=N–C) groups is 1. The van der Waals surface area contributed by atoms with Crippen molar-refractivity contribution < 1.29 is 17.6 Å². The van der Waals surface area contributed by atoms with Crippen LogP contribution < -0.4 is 10.6 Å². The molecule has 0 radical (unpaired) electrons. The van der Waals surface area contributed by atoms with Gasteiger partial charge in [-0.1, -0.05) is 12.1 Å². The summed E-state index contributed by atoms with van der Waals surface area (Å²) < 4.78 is 52.7. The summed E-state index contributed by atoms with van der Waals surface area (Å²) in [6.07, 6.45) is 0.340. The molecule has 0 saturated heterocycles. The molecule has 0 bridgehead atoms. The van der Waals surface area contributed by atoms with Crippen molar-refractivity contribution in [2.45, 2.75) is 19.4 Å². The lowest BCUT2D eigenvalue weighted by atomic mass is 10.1. The summed E-state index contributed by atoms with van der Waals surface area (Å²) in [5, 5.41) is 6.03. The minimum absolute atomic E-state index is 0. The van der Waals surface area contributed by atoms with Crippen molar-refractivity contribution in [1.82, 2.24) is 10.6 Å². The van der Waals surface area contributed by atoms with Gasteiger partial charge in [0.05, 0.1) is 6.04 Å². The first-order valence-corrected chi connectivity index (χ1v) is 7.76. The Morgan fingerprint density at radius 1 is 1.00 bits per heavy atom. The van der Waals surface area contributed by atoms with Crippen molar-refractivity contribution in [3.8, 4) is 0 Å². The second-order valence-corrected chi connectivity index (χ2v) is 5.52. The number of halogens is 5. The van der Waals surface area contributed by atoms with Gasteiger partial charge in [0, 0.05) is 19.7 Å². The van der Waals surface area contributed by atoms with E-state index in [4.69, 9.17) is 0 Å². The molecule has 1 atom stereocenters. The number of nitrogens with one attached hydrogen (secondary N) is 2. The molecule has 2 rings (SSSR count). The maximum absolute atomic E-state index is 13.6. The molecule has 0 aliphatic heterocycles. The van der Waals surface area contributed by atoms with Crippen LogP contribution >= 0.6 is 24.0 Å². The zero-order valence-electron chi connectivity index (χ0n) is 14.3. The highest BCUT2D eigenvalue weighted by atomic mass is 127. The molecule has 0 heterocycles. The molecule has 8 heteroatoms. The summed E-state index contributed by atoms with van der Waals surface area (Å²) in [5.74, 6) is -2.60. The van der Waals surface area contributed by atoms with E-state index in [0.717, 1.165) is 18.2 Å². The molecule has 3 nitrogen and oxygen atoms in total. The Morgan fingerprint density at radius 2 is 1.73 bits per heavy atom. The van der Waals surface area contributed by atoms with Gasteiger partial charge in [-0.15, -0.1) is 24.0 Å². The standard InChI is InChI=1S/C18H19F4N3.HI/c1-11(13-4-6-15(20)17(22)9-13)25-18(23-2)24-8-7-12-3-5-14(19)10-16(12)21;/h3-6,9-11H,7-8H2,1-2H3,(H2,23,24,25);1H. The summed E-state index contributed by atoms with van der Waals surface area (Å²) in [6.45, 7) is 2.14. The Morgan fingerprint density at radius 3 is 2.35 bits per heavy atom. The number of guanidine groups is 1. The zero-order valence-corrected chi connectivity index (χ0v) is 16.7. The molecule has 0 aliphatic rings. The Kier molecular flexibility index (Phi) is 8.83. The lowest BCUT2D eigenvalue weighted by molar-refractivity contribution is 0.504. The fourth-order valence-corrected chi connectivity index (χ4v) is 2.30. The highest BCUT2D eigenvalue weighted by molar-refractivity contribution is 14.0. The van der Waals surface area contributed by atoms with Crippen LogP contribution in [0.25, 0.3) is 0 Å². The number of hydrogen-bond acceptors (Lipinski definition) is 1. The highest BCUT2D eigenvalue weighted by Crippen LogP contribution is 2.15. The van der Waals surface area contributed by atoms with Crippen LogP contribution in [0.1, 0.15) is 24.1 Å². The van der Waals surface area contributed by atoms with Crippen molar-refractivity contribution in [2.75, 3.05) is 13.6 Å². The smallest absolute Gasteiger partial charge is 0.191 e. The topological polar surface area (TPSA) is 36.4 Å². The van der Waals surface area contributed by atoms with Gasteiger partial charge in [0.15, 0.2) is 17.6 Å². The first-order valence-electron chi connectivity index (χ1n) is 7.76. The van der Waals surface area contributed by atoms with E-state index in [1.54, 1.807) is 14.0 Å². The molecule has 0 fully saturated rings. The first kappa shape index (κ1) is 22.2. The average Bonchev–Trinajstić information content (AvgIpc) is 2.58. The molecule has 0 aromatic heterocycles. The largest absolute Gasteiger partial charge is 0.356 e. The minimum Gasteiger partial charge on any atom is -0.356 e. The molecule has 142 valence electrons. The van der Waals surface area contributed by atoms with E-state index in [9.17, 15) is 17.6 Å². The molecule has 26 heavy (non-hydrogen) atoms. The summed E-state index contributed by atoms with van der Waals surface area (Å²) in [4.78, 5) is 4.03. The van der Waals surface area contributed by atoms with Crippen LogP contribution in [0.3, 0.4) is 0 Å². The van der Waals surface area contributed by atoms with Crippen molar-refractivity contribution in [2.24, 2.45) is 4.99 Å². The predicted octanol–water partition coefficient (Wildman–Crippen LogP) is 4.33. The lowest BCUT2D eigenvalue weighted by Gasteiger charge is -2.18. The monoisotopic (exact) mass is 481 g/mol. The van der Waals surface area contributed by atoms with Crippen LogP contribution in [-0.2, 0) is 6.42 Å². The van der Waals surface area contributed by atoms with Crippen molar-refractivity contribution in [1.29, 1.82) is 0 Å². The third-order valence-electron chi connectivity index (χ3n) is 3.72. The molecule has 2 aromatic rings. The molecule has 0 aliphatic carbocycles. The van der Waals surface area contributed by atoms with E-state index in [2.05, 4.69) is 15.6 Å². The van der Waals surface area contributed by atoms with Gasteiger partial charge >= 0.3 is 0 Å². The van der Waals surface area contributed by atoms with E-state index in [0.29, 0.717) is 30.1 Å². The lowest BCUT2D eigenvalue weighted by Crippen LogP contribution is -2.39. The van der Waals surface area contributed by atoms with Gasteiger partial charge in [-0.2, -0.15) is 0 Å². The molecular formula is C18H20F4IN3.